The van der Waals surface area contributed by atoms with Crippen LogP contribution in [-0.2, 0) is 0 Å². The third-order valence-electron chi connectivity index (χ3n) is 1.52. The number of hydrogen-bond acceptors (Lipinski definition) is 3. The first kappa shape index (κ1) is 9.24. The first-order chi connectivity index (χ1) is 5.70. The van der Waals surface area contributed by atoms with E-state index < -0.39 is 0 Å². The molecule has 2 N–H and O–H groups in total. The molecular weight excluding hydrogens is 168 g/mol. The summed E-state index contributed by atoms with van der Waals surface area (Å²) in [7, 11) is 0. The van der Waals surface area contributed by atoms with Crippen LogP contribution in [0.2, 0.25) is 0 Å². The third kappa shape index (κ3) is 2.65. The molecule has 3 heteroatoms. The van der Waals surface area contributed by atoms with Crippen LogP contribution in [0.4, 0.5) is 0 Å². The lowest BCUT2D eigenvalue weighted by molar-refractivity contribution is 0.584. The standard InChI is InChI=1S/C9H12N2S/c1-7(2)9(10)4-3-8-5-6-12-11-8/h5-7,9H,10H2,1-2H3. The molecule has 2 nitrogen and oxygen atoms in total. The maximum absolute atomic E-state index is 5.74. The second kappa shape index (κ2) is 4.24. The van der Waals surface area contributed by atoms with Crippen molar-refractivity contribution < 1.29 is 0 Å². The van der Waals surface area contributed by atoms with Crippen LogP contribution in [0.1, 0.15) is 19.5 Å². The van der Waals surface area contributed by atoms with Gasteiger partial charge in [-0.25, -0.2) is 0 Å². The van der Waals surface area contributed by atoms with Crippen molar-refractivity contribution in [2.75, 3.05) is 0 Å². The highest BCUT2D eigenvalue weighted by molar-refractivity contribution is 7.03. The van der Waals surface area contributed by atoms with Gasteiger partial charge in [0, 0.05) is 5.38 Å². The molecule has 0 fully saturated rings. The van der Waals surface area contributed by atoms with Crippen molar-refractivity contribution in [3.05, 3.63) is 17.1 Å². The summed E-state index contributed by atoms with van der Waals surface area (Å²) >= 11 is 1.41. The van der Waals surface area contributed by atoms with Crippen molar-refractivity contribution in [1.29, 1.82) is 0 Å². The number of nitrogens with zero attached hydrogens (tertiary/aromatic N) is 1. The van der Waals surface area contributed by atoms with E-state index in [2.05, 4.69) is 30.1 Å². The number of aromatic nitrogens is 1. The lowest BCUT2D eigenvalue weighted by Crippen LogP contribution is -2.23. The van der Waals surface area contributed by atoms with Crippen LogP contribution in [0, 0.1) is 17.8 Å². The zero-order valence-electron chi connectivity index (χ0n) is 7.24. The molecule has 1 atom stereocenters. The molecule has 0 amide bonds. The second-order valence-electron chi connectivity index (χ2n) is 2.92. The van der Waals surface area contributed by atoms with Gasteiger partial charge in [0.05, 0.1) is 6.04 Å². The van der Waals surface area contributed by atoms with E-state index in [0.29, 0.717) is 5.92 Å². The van der Waals surface area contributed by atoms with E-state index in [0.717, 1.165) is 5.69 Å². The maximum Gasteiger partial charge on any atom is 0.127 e. The Labute approximate surface area is 77.0 Å². The lowest BCUT2D eigenvalue weighted by Gasteiger charge is -2.05. The molecule has 0 aliphatic carbocycles. The molecule has 0 aliphatic heterocycles. The Balaban J connectivity index is 2.60. The summed E-state index contributed by atoms with van der Waals surface area (Å²) in [5, 5.41) is 1.91. The molecule has 1 heterocycles. The minimum atomic E-state index is -0.0494. The molecule has 0 saturated carbocycles. The van der Waals surface area contributed by atoms with Gasteiger partial charge in [-0.15, -0.1) is 0 Å². The minimum absolute atomic E-state index is 0.0494. The smallest absolute Gasteiger partial charge is 0.127 e. The first-order valence-corrected chi connectivity index (χ1v) is 4.71. The topological polar surface area (TPSA) is 38.9 Å². The Hall–Kier alpha value is -0.850. The predicted molar refractivity (Wildman–Crippen MR) is 51.8 cm³/mol. The van der Waals surface area contributed by atoms with Crippen LogP contribution in [0.25, 0.3) is 0 Å². The fourth-order valence-corrected chi connectivity index (χ4v) is 1.07. The highest BCUT2D eigenvalue weighted by Gasteiger charge is 2.01. The van der Waals surface area contributed by atoms with E-state index in [4.69, 9.17) is 5.73 Å². The Morgan fingerprint density at radius 3 is 2.83 bits per heavy atom. The Kier molecular flexibility index (Phi) is 3.27. The van der Waals surface area contributed by atoms with Gasteiger partial charge in [0.2, 0.25) is 0 Å². The fourth-order valence-electron chi connectivity index (χ4n) is 0.601. The largest absolute Gasteiger partial charge is 0.317 e. The van der Waals surface area contributed by atoms with Gasteiger partial charge in [0.1, 0.15) is 5.69 Å². The zero-order valence-corrected chi connectivity index (χ0v) is 8.06. The van der Waals surface area contributed by atoms with Crippen molar-refractivity contribution in [3.8, 4) is 11.8 Å². The van der Waals surface area contributed by atoms with Gasteiger partial charge in [-0.3, -0.25) is 0 Å². The summed E-state index contributed by atoms with van der Waals surface area (Å²) in [4.78, 5) is 0. The molecule has 1 rings (SSSR count). The summed E-state index contributed by atoms with van der Waals surface area (Å²) in [6.45, 7) is 4.11. The highest BCUT2D eigenvalue weighted by Crippen LogP contribution is 1.99. The second-order valence-corrected chi connectivity index (χ2v) is 3.59. The van der Waals surface area contributed by atoms with Gasteiger partial charge < -0.3 is 5.73 Å². The fraction of sp³-hybridized carbons (Fsp3) is 0.444. The molecule has 0 radical (unpaired) electrons. The quantitative estimate of drug-likeness (QED) is 0.665. The third-order valence-corrected chi connectivity index (χ3v) is 2.08. The molecule has 0 bridgehead atoms. The van der Waals surface area contributed by atoms with Crippen molar-refractivity contribution in [2.24, 2.45) is 11.7 Å². The molecule has 0 spiro atoms. The number of rotatable bonds is 1. The predicted octanol–water partition coefficient (Wildman–Crippen LogP) is 1.48. The highest BCUT2D eigenvalue weighted by atomic mass is 32.1. The molecule has 64 valence electrons. The van der Waals surface area contributed by atoms with Crippen LogP contribution in [0.3, 0.4) is 0 Å². The molecule has 0 aliphatic rings. The van der Waals surface area contributed by atoms with E-state index in [1.165, 1.54) is 11.5 Å². The van der Waals surface area contributed by atoms with Crippen LogP contribution < -0.4 is 5.73 Å². The molecule has 1 aromatic heterocycles. The molecule has 1 aromatic rings. The van der Waals surface area contributed by atoms with E-state index in [1.54, 1.807) is 0 Å². The van der Waals surface area contributed by atoms with Gasteiger partial charge in [0.15, 0.2) is 0 Å². The SMILES string of the molecule is CC(C)C(N)C#Cc1ccsn1. The van der Waals surface area contributed by atoms with E-state index in [-0.39, 0.29) is 6.04 Å². The molecule has 0 saturated heterocycles. The lowest BCUT2D eigenvalue weighted by atomic mass is 10.1. The van der Waals surface area contributed by atoms with Crippen molar-refractivity contribution >= 4 is 11.5 Å². The summed E-state index contributed by atoms with van der Waals surface area (Å²) in [6.07, 6.45) is 0. The van der Waals surface area contributed by atoms with Crippen molar-refractivity contribution in [3.63, 3.8) is 0 Å². The summed E-state index contributed by atoms with van der Waals surface area (Å²) < 4.78 is 4.06. The molecule has 0 aromatic carbocycles. The van der Waals surface area contributed by atoms with Gasteiger partial charge in [0.25, 0.3) is 0 Å². The normalized spacial score (nSPS) is 12.3. The number of nitrogens with two attached hydrogens (primary N) is 1. The maximum atomic E-state index is 5.74. The first-order valence-electron chi connectivity index (χ1n) is 3.87. The van der Waals surface area contributed by atoms with Gasteiger partial charge >= 0.3 is 0 Å². The molecule has 1 unspecified atom stereocenters. The van der Waals surface area contributed by atoms with Gasteiger partial charge in [-0.05, 0) is 29.4 Å². The van der Waals surface area contributed by atoms with Gasteiger partial charge in [-0.1, -0.05) is 19.8 Å². The molecule has 12 heavy (non-hydrogen) atoms. The van der Waals surface area contributed by atoms with E-state index >= 15 is 0 Å². The van der Waals surface area contributed by atoms with Crippen LogP contribution in [0.5, 0.6) is 0 Å². The van der Waals surface area contributed by atoms with E-state index in [1.807, 2.05) is 11.4 Å². The Bertz CT molecular complexity index is 279. The average Bonchev–Trinajstić information content (AvgIpc) is 2.51. The van der Waals surface area contributed by atoms with Crippen molar-refractivity contribution in [2.45, 2.75) is 19.9 Å². The summed E-state index contributed by atoms with van der Waals surface area (Å²) in [5.74, 6) is 6.29. The van der Waals surface area contributed by atoms with Crippen molar-refractivity contribution in [1.82, 2.24) is 4.37 Å². The van der Waals surface area contributed by atoms with Crippen LogP contribution >= 0.6 is 11.5 Å². The van der Waals surface area contributed by atoms with E-state index in [9.17, 15) is 0 Å². The number of hydrogen-bond donors (Lipinski definition) is 1. The Morgan fingerprint density at radius 1 is 1.58 bits per heavy atom. The van der Waals surface area contributed by atoms with Crippen LogP contribution in [0.15, 0.2) is 11.4 Å². The van der Waals surface area contributed by atoms with Gasteiger partial charge in [-0.2, -0.15) is 4.37 Å². The summed E-state index contributed by atoms with van der Waals surface area (Å²) in [5.41, 5.74) is 6.55. The average molecular weight is 180 g/mol. The van der Waals surface area contributed by atoms with Crippen LogP contribution in [-0.4, -0.2) is 10.4 Å². The zero-order chi connectivity index (χ0) is 8.97. The molecular formula is C9H12N2S. The Morgan fingerprint density at radius 2 is 2.33 bits per heavy atom. The minimum Gasteiger partial charge on any atom is -0.317 e. The summed E-state index contributed by atoms with van der Waals surface area (Å²) in [6, 6.07) is 1.84. The monoisotopic (exact) mass is 180 g/mol.